The molecule has 1 unspecified atom stereocenters. The molecule has 1 aliphatic rings. The van der Waals surface area contributed by atoms with E-state index in [2.05, 4.69) is 0 Å². The average Bonchev–Trinajstić information content (AvgIpc) is 2.88. The Kier molecular flexibility index (Phi) is 4.44. The smallest absolute Gasteiger partial charge is 0.243 e. The molecule has 5 nitrogen and oxygen atoms in total. The van der Waals surface area contributed by atoms with Crippen LogP contribution in [0.3, 0.4) is 0 Å². The molecule has 6 heteroatoms. The van der Waals surface area contributed by atoms with Crippen LogP contribution >= 0.6 is 0 Å². The first kappa shape index (κ1) is 14.3. The molecule has 0 aliphatic carbocycles. The van der Waals surface area contributed by atoms with E-state index in [0.717, 1.165) is 13.0 Å². The van der Waals surface area contributed by atoms with Gasteiger partial charge in [0.25, 0.3) is 0 Å². The SMILES string of the molecule is CCN(CC1CCOC1)S(=O)(=O)c1cccc(N)c1. The van der Waals surface area contributed by atoms with Gasteiger partial charge in [0.1, 0.15) is 0 Å². The molecular weight excluding hydrogens is 264 g/mol. The highest BCUT2D eigenvalue weighted by molar-refractivity contribution is 7.89. The number of sulfonamides is 1. The summed E-state index contributed by atoms with van der Waals surface area (Å²) in [6.45, 7) is 4.17. The molecule has 1 atom stereocenters. The van der Waals surface area contributed by atoms with E-state index in [1.165, 1.54) is 10.4 Å². The number of benzene rings is 1. The largest absolute Gasteiger partial charge is 0.399 e. The molecule has 0 spiro atoms. The number of anilines is 1. The van der Waals surface area contributed by atoms with Crippen LogP contribution in [0, 0.1) is 5.92 Å². The second-order valence-electron chi connectivity index (χ2n) is 4.76. The molecule has 0 aromatic heterocycles. The highest BCUT2D eigenvalue weighted by atomic mass is 32.2. The molecule has 2 rings (SSSR count). The molecule has 2 N–H and O–H groups in total. The van der Waals surface area contributed by atoms with Crippen molar-refractivity contribution in [1.29, 1.82) is 0 Å². The minimum Gasteiger partial charge on any atom is -0.399 e. The maximum atomic E-state index is 12.5. The van der Waals surface area contributed by atoms with E-state index >= 15 is 0 Å². The summed E-state index contributed by atoms with van der Waals surface area (Å²) >= 11 is 0. The third kappa shape index (κ3) is 3.26. The fraction of sp³-hybridized carbons (Fsp3) is 0.538. The summed E-state index contributed by atoms with van der Waals surface area (Å²) in [5, 5.41) is 0. The summed E-state index contributed by atoms with van der Waals surface area (Å²) < 4.78 is 31.9. The maximum absolute atomic E-state index is 12.5. The lowest BCUT2D eigenvalue weighted by molar-refractivity contribution is 0.181. The minimum atomic E-state index is -3.46. The summed E-state index contributed by atoms with van der Waals surface area (Å²) in [6.07, 6.45) is 0.920. The van der Waals surface area contributed by atoms with Gasteiger partial charge in [-0.1, -0.05) is 13.0 Å². The quantitative estimate of drug-likeness (QED) is 0.828. The van der Waals surface area contributed by atoms with Crippen molar-refractivity contribution in [1.82, 2.24) is 4.31 Å². The summed E-state index contributed by atoms with van der Waals surface area (Å²) in [6, 6.07) is 6.43. The number of ether oxygens (including phenoxy) is 1. The van der Waals surface area contributed by atoms with Crippen molar-refractivity contribution in [2.24, 2.45) is 5.92 Å². The van der Waals surface area contributed by atoms with Gasteiger partial charge < -0.3 is 10.5 Å². The number of nitrogens with two attached hydrogens (primary N) is 1. The number of hydrogen-bond acceptors (Lipinski definition) is 4. The highest BCUT2D eigenvalue weighted by Crippen LogP contribution is 2.21. The van der Waals surface area contributed by atoms with Crippen LogP contribution in [0.1, 0.15) is 13.3 Å². The predicted molar refractivity (Wildman–Crippen MR) is 74.2 cm³/mol. The molecule has 0 amide bonds. The lowest BCUT2D eigenvalue weighted by Crippen LogP contribution is -2.35. The molecular formula is C13H20N2O3S. The Morgan fingerprint density at radius 1 is 1.47 bits per heavy atom. The van der Waals surface area contributed by atoms with Crippen molar-refractivity contribution < 1.29 is 13.2 Å². The van der Waals surface area contributed by atoms with Crippen LogP contribution < -0.4 is 5.73 Å². The van der Waals surface area contributed by atoms with Gasteiger partial charge in [0, 0.05) is 25.4 Å². The van der Waals surface area contributed by atoms with Gasteiger partial charge in [0.15, 0.2) is 0 Å². The van der Waals surface area contributed by atoms with Gasteiger partial charge in [0.2, 0.25) is 10.0 Å². The fourth-order valence-corrected chi connectivity index (χ4v) is 3.82. The highest BCUT2D eigenvalue weighted by Gasteiger charge is 2.27. The lowest BCUT2D eigenvalue weighted by Gasteiger charge is -2.23. The van der Waals surface area contributed by atoms with Crippen LogP contribution in [0.5, 0.6) is 0 Å². The minimum absolute atomic E-state index is 0.258. The molecule has 0 bridgehead atoms. The van der Waals surface area contributed by atoms with Crippen molar-refractivity contribution in [2.45, 2.75) is 18.2 Å². The van der Waals surface area contributed by atoms with E-state index in [1.807, 2.05) is 6.92 Å². The van der Waals surface area contributed by atoms with Gasteiger partial charge in [-0.15, -0.1) is 0 Å². The summed E-state index contributed by atoms with van der Waals surface area (Å²) in [5.74, 6) is 0.288. The first-order valence-corrected chi connectivity index (χ1v) is 7.91. The van der Waals surface area contributed by atoms with Crippen LogP contribution in [-0.2, 0) is 14.8 Å². The van der Waals surface area contributed by atoms with E-state index in [4.69, 9.17) is 10.5 Å². The van der Waals surface area contributed by atoms with Crippen molar-refractivity contribution in [3.8, 4) is 0 Å². The third-order valence-electron chi connectivity index (χ3n) is 3.33. The standard InChI is InChI=1S/C13H20N2O3S/c1-2-15(9-11-6-7-18-10-11)19(16,17)13-5-3-4-12(14)8-13/h3-5,8,11H,2,6-7,9-10,14H2,1H3. The van der Waals surface area contributed by atoms with Gasteiger partial charge in [-0.3, -0.25) is 0 Å². The average molecular weight is 284 g/mol. The predicted octanol–water partition coefficient (Wildman–Crippen LogP) is 1.32. The van der Waals surface area contributed by atoms with E-state index < -0.39 is 10.0 Å². The van der Waals surface area contributed by atoms with Crippen LogP contribution in [0.2, 0.25) is 0 Å². The Labute approximate surface area is 114 Å². The second kappa shape index (κ2) is 5.90. The molecule has 1 aromatic rings. The Balaban J connectivity index is 2.20. The van der Waals surface area contributed by atoms with Crippen molar-refractivity contribution in [3.05, 3.63) is 24.3 Å². The van der Waals surface area contributed by atoms with Gasteiger partial charge in [-0.2, -0.15) is 4.31 Å². The molecule has 19 heavy (non-hydrogen) atoms. The van der Waals surface area contributed by atoms with Crippen molar-refractivity contribution >= 4 is 15.7 Å². The molecule has 1 aliphatic heterocycles. The monoisotopic (exact) mass is 284 g/mol. The van der Waals surface area contributed by atoms with E-state index in [-0.39, 0.29) is 10.8 Å². The summed E-state index contributed by atoms with van der Waals surface area (Å²) in [5.41, 5.74) is 6.12. The Morgan fingerprint density at radius 3 is 2.84 bits per heavy atom. The molecule has 0 radical (unpaired) electrons. The van der Waals surface area contributed by atoms with Crippen molar-refractivity contribution in [2.75, 3.05) is 32.0 Å². The molecule has 1 heterocycles. The van der Waals surface area contributed by atoms with Crippen molar-refractivity contribution in [3.63, 3.8) is 0 Å². The van der Waals surface area contributed by atoms with Crippen LogP contribution in [0.25, 0.3) is 0 Å². The topological polar surface area (TPSA) is 72.6 Å². The van der Waals surface area contributed by atoms with Crippen LogP contribution in [-0.4, -0.2) is 39.0 Å². The van der Waals surface area contributed by atoms with E-state index in [1.54, 1.807) is 18.2 Å². The third-order valence-corrected chi connectivity index (χ3v) is 5.27. The zero-order valence-corrected chi connectivity index (χ0v) is 11.9. The lowest BCUT2D eigenvalue weighted by atomic mass is 10.1. The zero-order valence-electron chi connectivity index (χ0n) is 11.1. The fourth-order valence-electron chi connectivity index (χ4n) is 2.24. The number of nitrogens with zero attached hydrogens (tertiary/aromatic N) is 1. The second-order valence-corrected chi connectivity index (χ2v) is 6.70. The van der Waals surface area contributed by atoms with Crippen LogP contribution in [0.4, 0.5) is 5.69 Å². The first-order valence-electron chi connectivity index (χ1n) is 6.47. The first-order chi connectivity index (χ1) is 9.04. The summed E-state index contributed by atoms with van der Waals surface area (Å²) in [7, 11) is -3.46. The Hall–Kier alpha value is -1.11. The molecule has 0 saturated carbocycles. The van der Waals surface area contributed by atoms with Gasteiger partial charge in [-0.05, 0) is 30.5 Å². The number of rotatable bonds is 5. The van der Waals surface area contributed by atoms with E-state index in [9.17, 15) is 8.42 Å². The Bertz CT molecular complexity index is 524. The zero-order chi connectivity index (χ0) is 13.9. The normalized spacial score (nSPS) is 20.0. The van der Waals surface area contributed by atoms with Gasteiger partial charge in [-0.25, -0.2) is 8.42 Å². The maximum Gasteiger partial charge on any atom is 0.243 e. The molecule has 106 valence electrons. The molecule has 1 saturated heterocycles. The summed E-state index contributed by atoms with van der Waals surface area (Å²) in [4.78, 5) is 0.258. The van der Waals surface area contributed by atoms with E-state index in [0.29, 0.717) is 25.4 Å². The van der Waals surface area contributed by atoms with Gasteiger partial charge in [0.05, 0.1) is 11.5 Å². The van der Waals surface area contributed by atoms with Gasteiger partial charge >= 0.3 is 0 Å². The molecule has 1 aromatic carbocycles. The number of nitrogen functional groups attached to an aromatic ring is 1. The number of hydrogen-bond donors (Lipinski definition) is 1. The molecule has 1 fully saturated rings. The Morgan fingerprint density at radius 2 is 2.26 bits per heavy atom. The van der Waals surface area contributed by atoms with Crippen LogP contribution in [0.15, 0.2) is 29.2 Å².